The van der Waals surface area contributed by atoms with Gasteiger partial charge in [-0.1, -0.05) is 0 Å². The van der Waals surface area contributed by atoms with E-state index in [1.807, 2.05) is 12.3 Å². The van der Waals surface area contributed by atoms with Gasteiger partial charge in [0.2, 0.25) is 0 Å². The number of aliphatic hydroxyl groups is 1. The number of piperidine rings is 1. The zero-order valence-corrected chi connectivity index (χ0v) is 13.9. The minimum absolute atomic E-state index is 0.133. The number of nitrogens with one attached hydrogen (secondary N) is 1. The number of aromatic nitrogens is 2. The molecule has 7 nitrogen and oxygen atoms in total. The fourth-order valence-corrected chi connectivity index (χ4v) is 3.83. The smallest absolute Gasteiger partial charge is 0.257 e. The molecule has 130 valence electrons. The molecule has 24 heavy (non-hydrogen) atoms. The predicted octanol–water partition coefficient (Wildman–Crippen LogP) is 0.117. The number of rotatable bonds is 3. The number of β-amino-alcohol motifs (C(OH)–C–C–N with tert-alkyl or cyclic N) is 1. The van der Waals surface area contributed by atoms with Crippen LogP contribution in [0.1, 0.15) is 37.4 Å². The second-order valence-corrected chi connectivity index (χ2v) is 7.17. The molecule has 0 unspecified atom stereocenters. The Hall–Kier alpha value is -1.73. The molecule has 0 saturated carbocycles. The van der Waals surface area contributed by atoms with Crippen LogP contribution < -0.4 is 10.2 Å². The first-order valence-corrected chi connectivity index (χ1v) is 8.96. The SMILES string of the molecule is O=C(N1CCC(c2nccc(N3CCCC3)n2)CC1)C1(O)CNC1. The van der Waals surface area contributed by atoms with E-state index >= 15 is 0 Å². The van der Waals surface area contributed by atoms with Crippen molar-refractivity contribution in [2.75, 3.05) is 44.2 Å². The van der Waals surface area contributed by atoms with Crippen LogP contribution in [0.3, 0.4) is 0 Å². The molecule has 0 aliphatic carbocycles. The van der Waals surface area contributed by atoms with Gasteiger partial charge in [-0.15, -0.1) is 0 Å². The Morgan fingerprint density at radius 2 is 1.92 bits per heavy atom. The fourth-order valence-electron chi connectivity index (χ4n) is 3.83. The number of carbonyl (C=O) groups is 1. The highest BCUT2D eigenvalue weighted by Crippen LogP contribution is 2.29. The van der Waals surface area contributed by atoms with Crippen molar-refractivity contribution in [2.45, 2.75) is 37.2 Å². The van der Waals surface area contributed by atoms with E-state index in [0.29, 0.717) is 32.1 Å². The van der Waals surface area contributed by atoms with E-state index in [9.17, 15) is 9.90 Å². The number of amides is 1. The second kappa shape index (κ2) is 6.29. The molecule has 3 fully saturated rings. The topological polar surface area (TPSA) is 81.6 Å². The zero-order chi connectivity index (χ0) is 16.6. The predicted molar refractivity (Wildman–Crippen MR) is 89.9 cm³/mol. The quantitative estimate of drug-likeness (QED) is 0.819. The highest BCUT2D eigenvalue weighted by molar-refractivity contribution is 5.86. The van der Waals surface area contributed by atoms with Gasteiger partial charge in [-0.3, -0.25) is 4.79 Å². The van der Waals surface area contributed by atoms with Gasteiger partial charge in [-0.2, -0.15) is 0 Å². The highest BCUT2D eigenvalue weighted by atomic mass is 16.3. The van der Waals surface area contributed by atoms with Crippen molar-refractivity contribution in [3.05, 3.63) is 18.1 Å². The first-order valence-electron chi connectivity index (χ1n) is 8.96. The minimum atomic E-state index is -1.18. The third kappa shape index (κ3) is 2.86. The van der Waals surface area contributed by atoms with Gasteiger partial charge >= 0.3 is 0 Å². The van der Waals surface area contributed by atoms with E-state index in [2.05, 4.69) is 15.2 Å². The molecule has 0 bridgehead atoms. The standard InChI is InChI=1S/C17H25N5O2/c23-16(17(24)11-18-12-17)22-9-4-13(5-10-22)15-19-6-3-14(20-15)21-7-1-2-8-21/h3,6,13,18,24H,1-2,4-5,7-12H2. The lowest BCUT2D eigenvalue weighted by molar-refractivity contribution is -0.157. The van der Waals surface area contributed by atoms with E-state index in [4.69, 9.17) is 4.98 Å². The number of likely N-dealkylation sites (tertiary alicyclic amines) is 1. The molecule has 0 atom stereocenters. The Morgan fingerprint density at radius 1 is 1.21 bits per heavy atom. The van der Waals surface area contributed by atoms with Crippen molar-refractivity contribution >= 4 is 11.7 Å². The van der Waals surface area contributed by atoms with Crippen LogP contribution in [0.2, 0.25) is 0 Å². The maximum atomic E-state index is 12.4. The molecule has 0 spiro atoms. The lowest BCUT2D eigenvalue weighted by atomic mass is 9.91. The summed E-state index contributed by atoms with van der Waals surface area (Å²) in [6.45, 7) is 4.23. The van der Waals surface area contributed by atoms with E-state index in [0.717, 1.165) is 37.6 Å². The average Bonchev–Trinajstić information content (AvgIpc) is 3.14. The molecule has 4 heterocycles. The summed E-state index contributed by atoms with van der Waals surface area (Å²) in [5, 5.41) is 13.2. The number of hydrogen-bond acceptors (Lipinski definition) is 6. The van der Waals surface area contributed by atoms with Crippen molar-refractivity contribution in [3.63, 3.8) is 0 Å². The van der Waals surface area contributed by atoms with Crippen LogP contribution in [0.25, 0.3) is 0 Å². The summed E-state index contributed by atoms with van der Waals surface area (Å²) in [4.78, 5) is 25.7. The summed E-state index contributed by atoms with van der Waals surface area (Å²) in [6.07, 6.45) is 6.04. The van der Waals surface area contributed by atoms with Crippen LogP contribution in [-0.4, -0.2) is 70.8 Å². The summed E-state index contributed by atoms with van der Waals surface area (Å²) in [5.41, 5.74) is -1.18. The molecule has 3 aliphatic rings. The first-order chi connectivity index (χ1) is 11.7. The largest absolute Gasteiger partial charge is 0.377 e. The highest BCUT2D eigenvalue weighted by Gasteiger charge is 2.45. The molecule has 1 aromatic heterocycles. The fraction of sp³-hybridized carbons (Fsp3) is 0.706. The molecule has 7 heteroatoms. The third-order valence-electron chi connectivity index (χ3n) is 5.47. The summed E-state index contributed by atoms with van der Waals surface area (Å²) < 4.78 is 0. The Bertz CT molecular complexity index is 605. The first kappa shape index (κ1) is 15.8. The number of carbonyl (C=O) groups excluding carboxylic acids is 1. The van der Waals surface area contributed by atoms with Gasteiger partial charge in [-0.25, -0.2) is 9.97 Å². The minimum Gasteiger partial charge on any atom is -0.377 e. The molecule has 1 aromatic rings. The number of hydrogen-bond donors (Lipinski definition) is 2. The Kier molecular flexibility index (Phi) is 4.14. The van der Waals surface area contributed by atoms with Gasteiger partial charge in [-0.05, 0) is 31.7 Å². The van der Waals surface area contributed by atoms with Crippen molar-refractivity contribution in [1.29, 1.82) is 0 Å². The van der Waals surface area contributed by atoms with Gasteiger partial charge in [0.05, 0.1) is 0 Å². The van der Waals surface area contributed by atoms with Crippen molar-refractivity contribution in [1.82, 2.24) is 20.2 Å². The van der Waals surface area contributed by atoms with Crippen LogP contribution in [0.5, 0.6) is 0 Å². The van der Waals surface area contributed by atoms with Crippen LogP contribution in [-0.2, 0) is 4.79 Å². The molecule has 0 aromatic carbocycles. The molecular formula is C17H25N5O2. The number of nitrogens with zero attached hydrogens (tertiary/aromatic N) is 4. The Labute approximate surface area is 142 Å². The molecular weight excluding hydrogens is 306 g/mol. The van der Waals surface area contributed by atoms with Gasteiger partial charge < -0.3 is 20.2 Å². The summed E-state index contributed by atoms with van der Waals surface area (Å²) in [5.74, 6) is 2.10. The lowest BCUT2D eigenvalue weighted by Crippen LogP contribution is -2.68. The van der Waals surface area contributed by atoms with Crippen LogP contribution in [0, 0.1) is 0 Å². The van der Waals surface area contributed by atoms with Gasteiger partial charge in [0.25, 0.3) is 5.91 Å². The maximum absolute atomic E-state index is 12.4. The van der Waals surface area contributed by atoms with Gasteiger partial charge in [0, 0.05) is 51.4 Å². The average molecular weight is 331 g/mol. The Morgan fingerprint density at radius 3 is 2.54 bits per heavy atom. The van der Waals surface area contributed by atoms with Gasteiger partial charge in [0.1, 0.15) is 11.6 Å². The van der Waals surface area contributed by atoms with Crippen LogP contribution >= 0.6 is 0 Å². The number of anilines is 1. The van der Waals surface area contributed by atoms with E-state index in [-0.39, 0.29) is 5.91 Å². The second-order valence-electron chi connectivity index (χ2n) is 7.17. The maximum Gasteiger partial charge on any atom is 0.257 e. The Balaban J connectivity index is 1.39. The van der Waals surface area contributed by atoms with E-state index < -0.39 is 5.60 Å². The summed E-state index contributed by atoms with van der Waals surface area (Å²) >= 11 is 0. The van der Waals surface area contributed by atoms with E-state index in [1.165, 1.54) is 12.8 Å². The van der Waals surface area contributed by atoms with Crippen molar-refractivity contribution < 1.29 is 9.90 Å². The third-order valence-corrected chi connectivity index (χ3v) is 5.47. The van der Waals surface area contributed by atoms with Gasteiger partial charge in [0.15, 0.2) is 5.60 Å². The van der Waals surface area contributed by atoms with Crippen molar-refractivity contribution in [2.24, 2.45) is 0 Å². The van der Waals surface area contributed by atoms with Crippen molar-refractivity contribution in [3.8, 4) is 0 Å². The normalized spacial score (nSPS) is 24.0. The molecule has 3 saturated heterocycles. The molecule has 1 amide bonds. The zero-order valence-electron chi connectivity index (χ0n) is 13.9. The molecule has 0 radical (unpaired) electrons. The van der Waals surface area contributed by atoms with Crippen LogP contribution in [0.4, 0.5) is 5.82 Å². The van der Waals surface area contributed by atoms with E-state index in [1.54, 1.807) is 4.90 Å². The monoisotopic (exact) mass is 331 g/mol. The molecule has 4 rings (SSSR count). The lowest BCUT2D eigenvalue weighted by Gasteiger charge is -2.41. The molecule has 2 N–H and O–H groups in total. The van der Waals surface area contributed by atoms with Crippen LogP contribution in [0.15, 0.2) is 12.3 Å². The molecule has 3 aliphatic heterocycles. The summed E-state index contributed by atoms with van der Waals surface area (Å²) in [7, 11) is 0. The summed E-state index contributed by atoms with van der Waals surface area (Å²) in [6, 6.07) is 1.99.